The van der Waals surface area contributed by atoms with Crippen molar-refractivity contribution in [3.63, 3.8) is 0 Å². The summed E-state index contributed by atoms with van der Waals surface area (Å²) in [5.41, 5.74) is 2.59. The van der Waals surface area contributed by atoms with Gasteiger partial charge < -0.3 is 10.3 Å². The Balaban J connectivity index is 1.87. The van der Waals surface area contributed by atoms with Gasteiger partial charge in [-0.25, -0.2) is 4.98 Å². The average Bonchev–Trinajstić information content (AvgIpc) is 3.06. The predicted octanol–water partition coefficient (Wildman–Crippen LogP) is 3.71. The molecule has 0 bridgehead atoms. The number of aromatic nitrogens is 2. The maximum Gasteiger partial charge on any atom is 0.271 e. The number of rotatable bonds is 4. The van der Waals surface area contributed by atoms with Crippen molar-refractivity contribution >= 4 is 34.0 Å². The standard InChI is InChI=1S/C13H12N4O2S/c1-8(9-4-5-20-7-9)14-13-15-11-3-2-10(17(18)19)6-12(11)16-13/h2-8H,1H3,(H2,14,15,16). The first kappa shape index (κ1) is 12.6. The topological polar surface area (TPSA) is 83.8 Å². The van der Waals surface area contributed by atoms with Crippen LogP contribution in [0, 0.1) is 10.1 Å². The number of benzene rings is 1. The number of nitro groups is 1. The molecule has 7 heteroatoms. The SMILES string of the molecule is CC(Nc1nc2ccc([N+](=O)[O-])cc2[nH]1)c1ccsc1. The van der Waals surface area contributed by atoms with Crippen LogP contribution in [0.5, 0.6) is 0 Å². The number of anilines is 1. The molecule has 0 fully saturated rings. The first-order valence-electron chi connectivity index (χ1n) is 6.06. The normalized spacial score (nSPS) is 12.4. The third-order valence-corrected chi connectivity index (χ3v) is 3.77. The third kappa shape index (κ3) is 2.35. The smallest absolute Gasteiger partial charge is 0.271 e. The molecule has 0 amide bonds. The van der Waals surface area contributed by atoms with E-state index in [0.717, 1.165) is 0 Å². The van der Waals surface area contributed by atoms with Crippen LogP contribution in [0.25, 0.3) is 11.0 Å². The Kier molecular flexibility index (Phi) is 3.11. The summed E-state index contributed by atoms with van der Waals surface area (Å²) in [4.78, 5) is 17.8. The van der Waals surface area contributed by atoms with Crippen LogP contribution in [-0.4, -0.2) is 14.9 Å². The molecule has 2 N–H and O–H groups in total. The zero-order valence-corrected chi connectivity index (χ0v) is 11.5. The molecule has 3 aromatic rings. The lowest BCUT2D eigenvalue weighted by Crippen LogP contribution is -2.06. The van der Waals surface area contributed by atoms with Crippen LogP contribution in [0.4, 0.5) is 11.6 Å². The highest BCUT2D eigenvalue weighted by atomic mass is 32.1. The first-order valence-corrected chi connectivity index (χ1v) is 7.00. The quantitative estimate of drug-likeness (QED) is 0.566. The summed E-state index contributed by atoms with van der Waals surface area (Å²) < 4.78 is 0. The maximum absolute atomic E-state index is 10.7. The lowest BCUT2D eigenvalue weighted by molar-refractivity contribution is -0.384. The molecule has 2 heterocycles. The molecule has 2 aromatic heterocycles. The highest BCUT2D eigenvalue weighted by molar-refractivity contribution is 7.07. The summed E-state index contributed by atoms with van der Waals surface area (Å²) in [6.45, 7) is 2.04. The average molecular weight is 288 g/mol. The third-order valence-electron chi connectivity index (χ3n) is 3.07. The van der Waals surface area contributed by atoms with Crippen LogP contribution in [-0.2, 0) is 0 Å². The van der Waals surface area contributed by atoms with E-state index in [0.29, 0.717) is 17.0 Å². The van der Waals surface area contributed by atoms with Crippen molar-refractivity contribution in [2.24, 2.45) is 0 Å². The second kappa shape index (κ2) is 4.93. The van der Waals surface area contributed by atoms with E-state index < -0.39 is 4.92 Å². The van der Waals surface area contributed by atoms with Gasteiger partial charge in [0.2, 0.25) is 5.95 Å². The van der Waals surface area contributed by atoms with Crippen LogP contribution in [0.1, 0.15) is 18.5 Å². The van der Waals surface area contributed by atoms with Gasteiger partial charge >= 0.3 is 0 Å². The summed E-state index contributed by atoms with van der Waals surface area (Å²) in [5, 5.41) is 18.1. The minimum absolute atomic E-state index is 0.0542. The fourth-order valence-corrected chi connectivity index (χ4v) is 2.74. The number of aromatic amines is 1. The minimum Gasteiger partial charge on any atom is -0.349 e. The summed E-state index contributed by atoms with van der Waals surface area (Å²) in [6, 6.07) is 6.76. The van der Waals surface area contributed by atoms with E-state index in [1.807, 2.05) is 12.3 Å². The monoisotopic (exact) mass is 288 g/mol. The van der Waals surface area contributed by atoms with Gasteiger partial charge in [0, 0.05) is 12.1 Å². The summed E-state index contributed by atoms with van der Waals surface area (Å²) in [7, 11) is 0. The number of thiophene rings is 1. The van der Waals surface area contributed by atoms with Crippen LogP contribution in [0.2, 0.25) is 0 Å². The summed E-state index contributed by atoms with van der Waals surface area (Å²) in [5.74, 6) is 0.610. The van der Waals surface area contributed by atoms with Gasteiger partial charge in [0.1, 0.15) is 0 Å². The minimum atomic E-state index is -0.415. The van der Waals surface area contributed by atoms with E-state index in [4.69, 9.17) is 0 Å². The Hall–Kier alpha value is -2.41. The highest BCUT2D eigenvalue weighted by Crippen LogP contribution is 2.23. The Morgan fingerprint density at radius 1 is 1.45 bits per heavy atom. The molecule has 1 atom stereocenters. The number of fused-ring (bicyclic) bond motifs is 1. The van der Waals surface area contributed by atoms with E-state index in [2.05, 4.69) is 26.7 Å². The molecule has 0 radical (unpaired) electrons. The number of imidazole rings is 1. The van der Waals surface area contributed by atoms with Gasteiger partial charge in [0.15, 0.2) is 0 Å². The summed E-state index contributed by atoms with van der Waals surface area (Å²) >= 11 is 1.64. The van der Waals surface area contributed by atoms with Crippen molar-refractivity contribution in [1.29, 1.82) is 0 Å². The molecule has 0 aliphatic heterocycles. The lowest BCUT2D eigenvalue weighted by atomic mass is 10.2. The van der Waals surface area contributed by atoms with Crippen molar-refractivity contribution < 1.29 is 4.92 Å². The van der Waals surface area contributed by atoms with Crippen LogP contribution >= 0.6 is 11.3 Å². The molecule has 102 valence electrons. The number of non-ortho nitro benzene ring substituents is 1. The van der Waals surface area contributed by atoms with Gasteiger partial charge in [-0.2, -0.15) is 11.3 Å². The van der Waals surface area contributed by atoms with Gasteiger partial charge in [0.05, 0.1) is 22.0 Å². The molecule has 0 saturated carbocycles. The molecule has 0 spiro atoms. The Labute approximate surface area is 118 Å². The molecule has 0 aliphatic carbocycles. The second-order valence-electron chi connectivity index (χ2n) is 4.47. The van der Waals surface area contributed by atoms with Gasteiger partial charge in [-0.05, 0) is 35.4 Å². The number of nitrogens with one attached hydrogen (secondary N) is 2. The van der Waals surface area contributed by atoms with Gasteiger partial charge in [0.25, 0.3) is 5.69 Å². The number of H-pyrrole nitrogens is 1. The van der Waals surface area contributed by atoms with E-state index in [1.165, 1.54) is 17.7 Å². The molecule has 6 nitrogen and oxygen atoms in total. The molecule has 0 saturated heterocycles. The highest BCUT2D eigenvalue weighted by Gasteiger charge is 2.11. The molecule has 20 heavy (non-hydrogen) atoms. The molecule has 1 aromatic carbocycles. The predicted molar refractivity (Wildman–Crippen MR) is 79.1 cm³/mol. The fraction of sp³-hybridized carbons (Fsp3) is 0.154. The Bertz CT molecular complexity index is 751. The maximum atomic E-state index is 10.7. The zero-order valence-electron chi connectivity index (χ0n) is 10.7. The van der Waals surface area contributed by atoms with Gasteiger partial charge in [-0.1, -0.05) is 0 Å². The number of hydrogen-bond acceptors (Lipinski definition) is 5. The first-order chi connectivity index (χ1) is 9.63. The molecule has 1 unspecified atom stereocenters. The van der Waals surface area contributed by atoms with Crippen molar-refractivity contribution in [2.45, 2.75) is 13.0 Å². The number of nitro benzene ring substituents is 1. The molecular weight excluding hydrogens is 276 g/mol. The zero-order chi connectivity index (χ0) is 14.1. The van der Waals surface area contributed by atoms with E-state index in [9.17, 15) is 10.1 Å². The Morgan fingerprint density at radius 3 is 3.00 bits per heavy atom. The molecule has 3 rings (SSSR count). The van der Waals surface area contributed by atoms with E-state index >= 15 is 0 Å². The van der Waals surface area contributed by atoms with Crippen LogP contribution in [0.3, 0.4) is 0 Å². The largest absolute Gasteiger partial charge is 0.349 e. The second-order valence-corrected chi connectivity index (χ2v) is 5.25. The van der Waals surface area contributed by atoms with Crippen molar-refractivity contribution in [2.75, 3.05) is 5.32 Å². The van der Waals surface area contributed by atoms with Gasteiger partial charge in [-0.15, -0.1) is 0 Å². The number of hydrogen-bond donors (Lipinski definition) is 2. The van der Waals surface area contributed by atoms with Crippen molar-refractivity contribution in [3.8, 4) is 0 Å². The molecule has 0 aliphatic rings. The van der Waals surface area contributed by atoms with Crippen LogP contribution in [0.15, 0.2) is 35.0 Å². The lowest BCUT2D eigenvalue weighted by Gasteiger charge is -2.10. The van der Waals surface area contributed by atoms with Gasteiger partial charge in [-0.3, -0.25) is 10.1 Å². The fourth-order valence-electron chi connectivity index (χ4n) is 1.99. The molecular formula is C13H12N4O2S. The van der Waals surface area contributed by atoms with E-state index in [-0.39, 0.29) is 11.7 Å². The van der Waals surface area contributed by atoms with Crippen LogP contribution < -0.4 is 5.32 Å². The van der Waals surface area contributed by atoms with Crippen molar-refractivity contribution in [1.82, 2.24) is 9.97 Å². The Morgan fingerprint density at radius 2 is 2.30 bits per heavy atom. The number of nitrogens with zero attached hydrogens (tertiary/aromatic N) is 2. The summed E-state index contributed by atoms with van der Waals surface area (Å²) in [6.07, 6.45) is 0. The van der Waals surface area contributed by atoms with Crippen molar-refractivity contribution in [3.05, 3.63) is 50.7 Å². The van der Waals surface area contributed by atoms with E-state index in [1.54, 1.807) is 17.4 Å².